The van der Waals surface area contributed by atoms with Crippen LogP contribution in [0.25, 0.3) is 0 Å². The lowest BCUT2D eigenvalue weighted by Crippen LogP contribution is -2.25. The maximum Gasteiger partial charge on any atom is 0.303 e. The van der Waals surface area contributed by atoms with Gasteiger partial charge in [-0.3, -0.25) is 9.59 Å². The van der Waals surface area contributed by atoms with Crippen LogP contribution in [-0.2, 0) is 16.1 Å². The fourth-order valence-electron chi connectivity index (χ4n) is 2.12. The van der Waals surface area contributed by atoms with E-state index in [2.05, 4.69) is 5.32 Å². The maximum atomic E-state index is 13.4. The minimum absolute atomic E-state index is 0.109. The topological polar surface area (TPSA) is 66.4 Å². The van der Waals surface area contributed by atoms with Crippen molar-refractivity contribution in [1.29, 1.82) is 0 Å². The van der Waals surface area contributed by atoms with E-state index in [4.69, 9.17) is 5.11 Å². The molecule has 1 fully saturated rings. The van der Waals surface area contributed by atoms with Crippen molar-refractivity contribution < 1.29 is 19.1 Å². The molecule has 1 aromatic carbocycles. The van der Waals surface area contributed by atoms with E-state index in [9.17, 15) is 14.0 Å². The normalized spacial score (nSPS) is 15.5. The average Bonchev–Trinajstić information content (AvgIpc) is 3.16. The molecular weight excluding hydrogens is 293 g/mol. The Morgan fingerprint density at radius 1 is 1.33 bits per heavy atom. The number of carbonyl (C=O) groups is 2. The summed E-state index contributed by atoms with van der Waals surface area (Å²) in [5.74, 6) is -0.308. The Labute approximate surface area is 127 Å². The van der Waals surface area contributed by atoms with Crippen LogP contribution in [0.1, 0.15) is 24.8 Å². The van der Waals surface area contributed by atoms with E-state index in [0.29, 0.717) is 11.3 Å². The summed E-state index contributed by atoms with van der Waals surface area (Å²) in [6.07, 6.45) is 2.02. The van der Waals surface area contributed by atoms with Gasteiger partial charge in [-0.2, -0.15) is 11.8 Å². The molecule has 1 saturated carbocycles. The van der Waals surface area contributed by atoms with Gasteiger partial charge in [-0.15, -0.1) is 0 Å². The summed E-state index contributed by atoms with van der Waals surface area (Å²) in [5.41, 5.74) is 0.350. The number of carbonyl (C=O) groups excluding carboxylic acids is 1. The molecule has 6 heteroatoms. The fraction of sp³-hybridized carbons (Fsp3) is 0.467. The molecule has 0 radical (unpaired) electrons. The predicted octanol–water partition coefficient (Wildman–Crippen LogP) is 2.43. The van der Waals surface area contributed by atoms with Crippen LogP contribution in [0.2, 0.25) is 0 Å². The summed E-state index contributed by atoms with van der Waals surface area (Å²) >= 11 is 1.44. The quantitative estimate of drug-likeness (QED) is 0.774. The zero-order valence-electron chi connectivity index (χ0n) is 11.6. The van der Waals surface area contributed by atoms with Gasteiger partial charge in [0.15, 0.2) is 0 Å². The minimum atomic E-state index is -0.780. The Balaban J connectivity index is 1.66. The van der Waals surface area contributed by atoms with Gasteiger partial charge in [-0.1, -0.05) is 18.2 Å². The molecule has 0 spiro atoms. The number of aliphatic carboxylic acids is 1. The minimum Gasteiger partial charge on any atom is -0.481 e. The molecule has 0 unspecified atom stereocenters. The lowest BCUT2D eigenvalue weighted by atomic mass is 10.1. The van der Waals surface area contributed by atoms with Crippen LogP contribution < -0.4 is 5.32 Å². The molecule has 1 aromatic rings. The van der Waals surface area contributed by atoms with Crippen molar-refractivity contribution in [2.75, 3.05) is 11.5 Å². The zero-order chi connectivity index (χ0) is 15.3. The molecule has 0 bridgehead atoms. The van der Waals surface area contributed by atoms with Gasteiger partial charge in [0.05, 0.1) is 12.2 Å². The number of nitrogens with one attached hydrogen (secondary N) is 1. The SMILES string of the molecule is O=C(O)CC1(CSCC(=O)NCc2ccccc2F)CC1. The Morgan fingerprint density at radius 3 is 2.67 bits per heavy atom. The molecule has 4 nitrogen and oxygen atoms in total. The van der Waals surface area contributed by atoms with E-state index in [0.717, 1.165) is 12.8 Å². The number of amides is 1. The van der Waals surface area contributed by atoms with E-state index < -0.39 is 5.97 Å². The molecule has 2 rings (SSSR count). The lowest BCUT2D eigenvalue weighted by molar-refractivity contribution is -0.138. The molecule has 1 aliphatic rings. The first-order valence-electron chi connectivity index (χ1n) is 6.80. The highest BCUT2D eigenvalue weighted by atomic mass is 32.2. The summed E-state index contributed by atoms with van der Waals surface area (Å²) < 4.78 is 13.4. The third kappa shape index (κ3) is 5.04. The summed E-state index contributed by atoms with van der Waals surface area (Å²) in [4.78, 5) is 22.4. The molecule has 1 aliphatic carbocycles. The second-order valence-corrected chi connectivity index (χ2v) is 6.42. The summed E-state index contributed by atoms with van der Waals surface area (Å²) in [7, 11) is 0. The fourth-order valence-corrected chi connectivity index (χ4v) is 3.33. The molecule has 2 N–H and O–H groups in total. The standard InChI is InChI=1S/C15H18FNO3S/c16-12-4-2-1-3-11(12)8-17-13(18)9-21-10-15(5-6-15)7-14(19)20/h1-4H,5-10H2,(H,17,18)(H,19,20). The highest BCUT2D eigenvalue weighted by Crippen LogP contribution is 2.50. The lowest BCUT2D eigenvalue weighted by Gasteiger charge is -2.11. The monoisotopic (exact) mass is 311 g/mol. The Bertz CT molecular complexity index is 531. The number of carboxylic acid groups (broad SMARTS) is 1. The van der Waals surface area contributed by atoms with E-state index in [1.807, 2.05) is 0 Å². The predicted molar refractivity (Wildman–Crippen MR) is 79.5 cm³/mol. The maximum absolute atomic E-state index is 13.4. The van der Waals surface area contributed by atoms with Crippen LogP contribution in [0.15, 0.2) is 24.3 Å². The molecule has 0 aliphatic heterocycles. The second kappa shape index (κ2) is 6.93. The molecule has 0 aromatic heterocycles. The van der Waals surface area contributed by atoms with Crippen molar-refractivity contribution >= 4 is 23.6 Å². The van der Waals surface area contributed by atoms with E-state index in [1.54, 1.807) is 18.2 Å². The van der Waals surface area contributed by atoms with Crippen LogP contribution in [0.3, 0.4) is 0 Å². The van der Waals surface area contributed by atoms with Crippen LogP contribution in [0, 0.1) is 11.2 Å². The van der Waals surface area contributed by atoms with Gasteiger partial charge < -0.3 is 10.4 Å². The largest absolute Gasteiger partial charge is 0.481 e. The van der Waals surface area contributed by atoms with Gasteiger partial charge >= 0.3 is 5.97 Å². The van der Waals surface area contributed by atoms with Gasteiger partial charge in [-0.25, -0.2) is 4.39 Å². The summed E-state index contributed by atoms with van der Waals surface area (Å²) in [6, 6.07) is 6.32. The number of benzene rings is 1. The third-order valence-electron chi connectivity index (χ3n) is 3.56. The number of halogens is 1. The van der Waals surface area contributed by atoms with E-state index in [-0.39, 0.29) is 35.9 Å². The Morgan fingerprint density at radius 2 is 2.05 bits per heavy atom. The van der Waals surface area contributed by atoms with Crippen molar-refractivity contribution in [3.63, 3.8) is 0 Å². The molecule has 21 heavy (non-hydrogen) atoms. The number of thioether (sulfide) groups is 1. The smallest absolute Gasteiger partial charge is 0.303 e. The van der Waals surface area contributed by atoms with Gasteiger partial charge in [0.25, 0.3) is 0 Å². The van der Waals surface area contributed by atoms with Crippen molar-refractivity contribution in [2.45, 2.75) is 25.8 Å². The van der Waals surface area contributed by atoms with E-state index >= 15 is 0 Å². The number of hydrogen-bond acceptors (Lipinski definition) is 3. The van der Waals surface area contributed by atoms with Crippen molar-refractivity contribution in [3.05, 3.63) is 35.6 Å². The molecule has 0 saturated heterocycles. The second-order valence-electron chi connectivity index (χ2n) is 5.43. The summed E-state index contributed by atoms with van der Waals surface area (Å²) in [5, 5.41) is 11.5. The first-order valence-corrected chi connectivity index (χ1v) is 7.96. The van der Waals surface area contributed by atoms with Crippen LogP contribution in [0.5, 0.6) is 0 Å². The van der Waals surface area contributed by atoms with Crippen LogP contribution >= 0.6 is 11.8 Å². The first kappa shape index (κ1) is 15.8. The molecule has 1 amide bonds. The van der Waals surface area contributed by atoms with Crippen LogP contribution in [0.4, 0.5) is 4.39 Å². The van der Waals surface area contributed by atoms with Crippen LogP contribution in [-0.4, -0.2) is 28.5 Å². The van der Waals surface area contributed by atoms with Crippen molar-refractivity contribution in [1.82, 2.24) is 5.32 Å². The van der Waals surface area contributed by atoms with Crippen molar-refractivity contribution in [3.8, 4) is 0 Å². The number of carboxylic acids is 1. The van der Waals surface area contributed by atoms with Gasteiger partial charge in [0.1, 0.15) is 5.82 Å². The average molecular weight is 311 g/mol. The first-order chi connectivity index (χ1) is 10.0. The third-order valence-corrected chi connectivity index (χ3v) is 4.84. The molecule has 0 heterocycles. The zero-order valence-corrected chi connectivity index (χ0v) is 12.4. The van der Waals surface area contributed by atoms with E-state index in [1.165, 1.54) is 17.8 Å². The Hall–Kier alpha value is -1.56. The summed E-state index contributed by atoms with van der Waals surface area (Å²) in [6.45, 7) is 0.173. The number of hydrogen-bond donors (Lipinski definition) is 2. The molecular formula is C15H18FNO3S. The van der Waals surface area contributed by atoms with Gasteiger partial charge in [0, 0.05) is 12.1 Å². The molecule has 0 atom stereocenters. The Kier molecular flexibility index (Phi) is 5.22. The highest BCUT2D eigenvalue weighted by Gasteiger charge is 2.44. The molecule has 114 valence electrons. The highest BCUT2D eigenvalue weighted by molar-refractivity contribution is 7.99. The number of rotatable bonds is 8. The van der Waals surface area contributed by atoms with Gasteiger partial charge in [0.2, 0.25) is 5.91 Å². The van der Waals surface area contributed by atoms with Gasteiger partial charge in [-0.05, 0) is 30.1 Å². The van der Waals surface area contributed by atoms with Crippen molar-refractivity contribution in [2.24, 2.45) is 5.41 Å².